The van der Waals surface area contributed by atoms with Gasteiger partial charge in [0.25, 0.3) is 0 Å². The van der Waals surface area contributed by atoms with Gasteiger partial charge in [0.05, 0.1) is 0 Å². The maximum absolute atomic E-state index is 12.5. The lowest BCUT2D eigenvalue weighted by Crippen LogP contribution is -2.12. The van der Waals surface area contributed by atoms with Crippen molar-refractivity contribution in [2.45, 2.75) is 37.1 Å². The number of sulfone groups is 1. The van der Waals surface area contributed by atoms with Crippen molar-refractivity contribution in [1.29, 1.82) is 0 Å². The Morgan fingerprint density at radius 2 is 2.05 bits per heavy atom. The van der Waals surface area contributed by atoms with Crippen molar-refractivity contribution in [3.63, 3.8) is 0 Å². The van der Waals surface area contributed by atoms with Crippen molar-refractivity contribution in [2.75, 3.05) is 0 Å². The summed E-state index contributed by atoms with van der Waals surface area (Å²) in [5, 5.41) is 8.50. The Morgan fingerprint density at radius 3 is 2.73 bits per heavy atom. The Labute approximate surface area is 127 Å². The first kappa shape index (κ1) is 15.4. The fourth-order valence-corrected chi connectivity index (χ4v) is 4.81. The predicted molar refractivity (Wildman–Crippen MR) is 71.8 cm³/mol. The topological polar surface area (TPSA) is 77.7 Å². The number of aromatic nitrogens is 4. The summed E-state index contributed by atoms with van der Waals surface area (Å²) in [5.74, 6) is 0.204. The molecule has 3 rings (SSSR count). The molecule has 2 aromatic heterocycles. The summed E-state index contributed by atoms with van der Waals surface area (Å²) in [6, 6.07) is 0. The molecule has 0 saturated carbocycles. The minimum atomic E-state index is -4.56. The molecular weight excluding hydrogens is 341 g/mol. The molecule has 0 aromatic carbocycles. The van der Waals surface area contributed by atoms with Gasteiger partial charge in [0.1, 0.15) is 28.2 Å². The monoisotopic (exact) mass is 352 g/mol. The zero-order valence-electron chi connectivity index (χ0n) is 11.2. The summed E-state index contributed by atoms with van der Waals surface area (Å²) in [6.45, 7) is 0.669. The minimum Gasteiger partial charge on any atom is -0.314 e. The fraction of sp³-hybridized carbons (Fsp3) is 0.545. The summed E-state index contributed by atoms with van der Waals surface area (Å²) < 4.78 is 63.4. The van der Waals surface area contributed by atoms with Crippen molar-refractivity contribution >= 4 is 21.2 Å². The van der Waals surface area contributed by atoms with Gasteiger partial charge in [-0.3, -0.25) is 0 Å². The minimum absolute atomic E-state index is 0.0755. The van der Waals surface area contributed by atoms with Gasteiger partial charge in [0.15, 0.2) is 15.5 Å². The quantitative estimate of drug-likeness (QED) is 0.839. The zero-order chi connectivity index (χ0) is 16.0. The molecule has 120 valence electrons. The Kier molecular flexibility index (Phi) is 3.71. The number of hydrogen-bond acceptors (Lipinski definition) is 6. The third-order valence-corrected chi connectivity index (χ3v) is 5.66. The van der Waals surface area contributed by atoms with Crippen LogP contribution in [-0.4, -0.2) is 28.2 Å². The third-order valence-electron chi connectivity index (χ3n) is 3.22. The molecule has 0 aliphatic carbocycles. The predicted octanol–water partition coefficient (Wildman–Crippen LogP) is 1.81. The van der Waals surface area contributed by atoms with Crippen LogP contribution >= 0.6 is 11.3 Å². The molecule has 0 unspecified atom stereocenters. The lowest BCUT2D eigenvalue weighted by Gasteiger charge is -2.04. The normalized spacial score (nSPS) is 15.2. The van der Waals surface area contributed by atoms with Crippen molar-refractivity contribution < 1.29 is 21.6 Å². The van der Waals surface area contributed by atoms with Crippen molar-refractivity contribution in [1.82, 2.24) is 19.7 Å². The fourth-order valence-electron chi connectivity index (χ4n) is 2.26. The van der Waals surface area contributed by atoms with Crippen LogP contribution in [0.3, 0.4) is 0 Å². The molecule has 6 nitrogen and oxygen atoms in total. The van der Waals surface area contributed by atoms with Gasteiger partial charge in [0.2, 0.25) is 0 Å². The zero-order valence-corrected chi connectivity index (χ0v) is 12.8. The van der Waals surface area contributed by atoms with E-state index >= 15 is 0 Å². The standard InChI is InChI=1S/C11H11F3N4O2S2/c12-11(13,14)7-4-21-10(15-7)6-22(19,20)5-9-17-16-8-2-1-3-18(8)9/h4H,1-3,5-6H2. The highest BCUT2D eigenvalue weighted by Crippen LogP contribution is 2.30. The van der Waals surface area contributed by atoms with E-state index in [0.717, 1.165) is 24.0 Å². The second-order valence-electron chi connectivity index (χ2n) is 4.94. The van der Waals surface area contributed by atoms with Gasteiger partial charge in [-0.05, 0) is 6.42 Å². The van der Waals surface area contributed by atoms with E-state index in [4.69, 9.17) is 0 Å². The van der Waals surface area contributed by atoms with E-state index in [1.807, 2.05) is 0 Å². The molecule has 0 spiro atoms. The molecule has 0 amide bonds. The van der Waals surface area contributed by atoms with E-state index in [0.29, 0.717) is 23.7 Å². The summed E-state index contributed by atoms with van der Waals surface area (Å²) in [4.78, 5) is 3.34. The molecule has 1 aliphatic rings. The molecule has 3 heterocycles. The molecule has 0 atom stereocenters. The van der Waals surface area contributed by atoms with E-state index in [1.165, 1.54) is 0 Å². The Bertz CT molecular complexity index is 795. The molecule has 0 fully saturated rings. The largest absolute Gasteiger partial charge is 0.434 e. The SMILES string of the molecule is O=S(=O)(Cc1nc(C(F)(F)F)cs1)Cc1nnc2n1CCC2. The van der Waals surface area contributed by atoms with Crippen molar-refractivity contribution in [2.24, 2.45) is 0 Å². The van der Waals surface area contributed by atoms with Gasteiger partial charge in [-0.1, -0.05) is 0 Å². The number of aryl methyl sites for hydroxylation is 1. The first-order valence-corrected chi connectivity index (χ1v) is 9.08. The van der Waals surface area contributed by atoms with Gasteiger partial charge in [-0.2, -0.15) is 13.2 Å². The molecule has 0 N–H and O–H groups in total. The summed E-state index contributed by atoms with van der Waals surface area (Å²) >= 11 is 0.688. The van der Waals surface area contributed by atoms with Gasteiger partial charge in [-0.25, -0.2) is 13.4 Å². The lowest BCUT2D eigenvalue weighted by molar-refractivity contribution is -0.140. The molecule has 22 heavy (non-hydrogen) atoms. The Balaban J connectivity index is 1.75. The summed E-state index contributed by atoms with van der Waals surface area (Å²) in [5.41, 5.74) is -1.06. The first-order chi connectivity index (χ1) is 10.2. The number of halogens is 3. The van der Waals surface area contributed by atoms with Crippen LogP contribution in [0.1, 0.15) is 28.8 Å². The van der Waals surface area contributed by atoms with Crippen LogP contribution < -0.4 is 0 Å². The van der Waals surface area contributed by atoms with E-state index in [1.54, 1.807) is 4.57 Å². The van der Waals surface area contributed by atoms with Crippen LogP contribution in [0.25, 0.3) is 0 Å². The van der Waals surface area contributed by atoms with Crippen LogP contribution in [0, 0.1) is 0 Å². The highest BCUT2D eigenvalue weighted by atomic mass is 32.2. The lowest BCUT2D eigenvalue weighted by atomic mass is 10.4. The number of nitrogens with zero attached hydrogens (tertiary/aromatic N) is 4. The highest BCUT2D eigenvalue weighted by molar-refractivity contribution is 7.89. The molecule has 11 heteroatoms. The van der Waals surface area contributed by atoms with Crippen molar-refractivity contribution in [3.8, 4) is 0 Å². The average Bonchev–Trinajstić information content (AvgIpc) is 3.05. The van der Waals surface area contributed by atoms with Crippen LogP contribution in [-0.2, 0) is 40.5 Å². The Morgan fingerprint density at radius 1 is 1.27 bits per heavy atom. The number of rotatable bonds is 4. The summed E-state index contributed by atoms with van der Waals surface area (Å²) in [6.07, 6.45) is -2.92. The molecule has 1 aliphatic heterocycles. The van der Waals surface area contributed by atoms with Crippen molar-refractivity contribution in [3.05, 3.63) is 27.7 Å². The van der Waals surface area contributed by atoms with E-state index in [2.05, 4.69) is 15.2 Å². The second kappa shape index (κ2) is 5.30. The van der Waals surface area contributed by atoms with E-state index < -0.39 is 27.5 Å². The molecule has 0 bridgehead atoms. The van der Waals surface area contributed by atoms with Gasteiger partial charge < -0.3 is 4.57 Å². The van der Waals surface area contributed by atoms with E-state index in [9.17, 15) is 21.6 Å². The highest BCUT2D eigenvalue weighted by Gasteiger charge is 2.34. The van der Waals surface area contributed by atoms with E-state index in [-0.39, 0.29) is 10.8 Å². The number of fused-ring (bicyclic) bond motifs is 1. The number of thiazole rings is 1. The maximum atomic E-state index is 12.5. The molecule has 2 aromatic rings. The van der Waals surface area contributed by atoms with Gasteiger partial charge in [-0.15, -0.1) is 21.5 Å². The van der Waals surface area contributed by atoms with Gasteiger partial charge in [0, 0.05) is 18.3 Å². The smallest absolute Gasteiger partial charge is 0.314 e. The maximum Gasteiger partial charge on any atom is 0.434 e. The van der Waals surface area contributed by atoms with Gasteiger partial charge >= 0.3 is 6.18 Å². The molecular formula is C11H11F3N4O2S2. The molecule has 0 saturated heterocycles. The average molecular weight is 352 g/mol. The third kappa shape index (κ3) is 3.14. The van der Waals surface area contributed by atoms with Crippen LogP contribution in [0.4, 0.5) is 13.2 Å². The molecule has 0 radical (unpaired) electrons. The van der Waals surface area contributed by atoms with Crippen LogP contribution in [0.15, 0.2) is 5.38 Å². The number of hydrogen-bond donors (Lipinski definition) is 0. The first-order valence-electron chi connectivity index (χ1n) is 6.37. The summed E-state index contributed by atoms with van der Waals surface area (Å²) in [7, 11) is -3.65. The number of alkyl halides is 3. The Hall–Kier alpha value is -1.49. The van der Waals surface area contributed by atoms with Crippen LogP contribution in [0.2, 0.25) is 0 Å². The van der Waals surface area contributed by atoms with Crippen LogP contribution in [0.5, 0.6) is 0 Å². The second-order valence-corrected chi connectivity index (χ2v) is 7.95.